The number of benzene rings is 1. The highest BCUT2D eigenvalue weighted by molar-refractivity contribution is 7.80. The summed E-state index contributed by atoms with van der Waals surface area (Å²) in [5.74, 6) is 3.63. The first kappa shape index (κ1) is 14.9. The van der Waals surface area contributed by atoms with Gasteiger partial charge in [0.25, 0.3) is 0 Å². The average Bonchev–Trinajstić information content (AvgIpc) is 2.51. The molecule has 1 aromatic rings. The number of aliphatic imine (C=N–C) groups is 1. The highest BCUT2D eigenvalue weighted by atomic mass is 32.1. The molecule has 1 aromatic carbocycles. The minimum Gasteiger partial charge on any atom is -0.375 e. The number of amidine groups is 1. The summed E-state index contributed by atoms with van der Waals surface area (Å²) in [5, 5.41) is 0.260. The van der Waals surface area contributed by atoms with Gasteiger partial charge in [-0.15, -0.1) is 0 Å². The van der Waals surface area contributed by atoms with Gasteiger partial charge in [0.05, 0.1) is 5.69 Å². The Labute approximate surface area is 142 Å². The maximum absolute atomic E-state index is 5.63. The van der Waals surface area contributed by atoms with E-state index in [4.69, 9.17) is 22.9 Å². The van der Waals surface area contributed by atoms with Crippen molar-refractivity contribution < 1.29 is 0 Å². The fraction of sp³-hybridized carbons (Fsp3) is 0.556. The second-order valence-electron chi connectivity index (χ2n) is 7.61. The number of hydrogen-bond acceptors (Lipinski definition) is 2. The third-order valence-corrected chi connectivity index (χ3v) is 5.94. The monoisotopic (exact) mass is 328 g/mol. The van der Waals surface area contributed by atoms with Crippen LogP contribution in [0.1, 0.15) is 38.5 Å². The summed E-state index contributed by atoms with van der Waals surface area (Å²) in [4.78, 5) is 4.95. The van der Waals surface area contributed by atoms with Crippen molar-refractivity contribution in [3.05, 3.63) is 30.3 Å². The Morgan fingerprint density at radius 3 is 2.09 bits per heavy atom. The van der Waals surface area contributed by atoms with E-state index in [2.05, 4.69) is 10.9 Å². The van der Waals surface area contributed by atoms with E-state index in [1.54, 1.807) is 0 Å². The fourth-order valence-corrected chi connectivity index (χ4v) is 5.48. The van der Waals surface area contributed by atoms with E-state index in [9.17, 15) is 0 Å². The van der Waals surface area contributed by atoms with Crippen molar-refractivity contribution in [2.75, 3.05) is 0 Å². The van der Waals surface area contributed by atoms with E-state index >= 15 is 0 Å². The van der Waals surface area contributed by atoms with Crippen molar-refractivity contribution in [2.45, 2.75) is 38.5 Å². The summed E-state index contributed by atoms with van der Waals surface area (Å²) in [6.07, 6.45) is 7.99. The van der Waals surface area contributed by atoms with E-state index < -0.39 is 0 Å². The second kappa shape index (κ2) is 5.78. The van der Waals surface area contributed by atoms with Gasteiger partial charge in [-0.25, -0.2) is 4.99 Å². The lowest BCUT2D eigenvalue weighted by molar-refractivity contribution is -0.0142. The van der Waals surface area contributed by atoms with Gasteiger partial charge in [-0.1, -0.05) is 18.2 Å². The number of hydrazine groups is 1. The van der Waals surface area contributed by atoms with Gasteiger partial charge in [-0.2, -0.15) is 0 Å². The maximum atomic E-state index is 5.63. The number of nitrogens with zero attached hydrogens (tertiary/aromatic N) is 1. The normalized spacial score (nSPS) is 35.1. The van der Waals surface area contributed by atoms with Crippen molar-refractivity contribution in [2.24, 2.45) is 33.9 Å². The molecule has 5 heteroatoms. The molecule has 0 saturated heterocycles. The summed E-state index contributed by atoms with van der Waals surface area (Å²) < 4.78 is 0. The quantitative estimate of drug-likeness (QED) is 0.337. The lowest BCUT2D eigenvalue weighted by Gasteiger charge is -2.56. The number of thiocarbonyl (C=S) groups is 1. The summed E-state index contributed by atoms with van der Waals surface area (Å²) >= 11 is 4.97. The van der Waals surface area contributed by atoms with Crippen LogP contribution < -0.4 is 16.6 Å². The van der Waals surface area contributed by atoms with E-state index in [0.29, 0.717) is 0 Å². The van der Waals surface area contributed by atoms with Crippen molar-refractivity contribution in [1.29, 1.82) is 0 Å². The molecule has 0 amide bonds. The molecule has 4 aliphatic carbocycles. The number of hydrogen-bond donors (Lipinski definition) is 3. The zero-order valence-corrected chi connectivity index (χ0v) is 14.1. The van der Waals surface area contributed by atoms with Crippen molar-refractivity contribution in [3.8, 4) is 0 Å². The molecule has 0 atom stereocenters. The van der Waals surface area contributed by atoms with Crippen LogP contribution in [-0.2, 0) is 0 Å². The number of nitrogens with two attached hydrogens (primary N) is 1. The zero-order valence-electron chi connectivity index (χ0n) is 13.3. The molecule has 4 fully saturated rings. The number of nitrogens with one attached hydrogen (secondary N) is 2. The molecule has 4 bridgehead atoms. The van der Waals surface area contributed by atoms with E-state index in [1.807, 2.05) is 30.3 Å². The lowest BCUT2D eigenvalue weighted by Crippen LogP contribution is -2.57. The Morgan fingerprint density at radius 2 is 1.57 bits per heavy atom. The average molecular weight is 328 g/mol. The van der Waals surface area contributed by atoms with Gasteiger partial charge < -0.3 is 5.73 Å². The SMILES string of the molecule is NC(=S)NNC(=Nc1ccccc1)C12CC3CC(CC(C3)C1)C2. The van der Waals surface area contributed by atoms with Crippen LogP contribution in [0.3, 0.4) is 0 Å². The van der Waals surface area contributed by atoms with Crippen LogP contribution in [-0.4, -0.2) is 10.9 Å². The van der Waals surface area contributed by atoms with Gasteiger partial charge in [-0.05, 0) is 80.6 Å². The summed E-state index contributed by atoms with van der Waals surface area (Å²) in [6.45, 7) is 0. The Hall–Kier alpha value is -1.62. The Morgan fingerprint density at radius 1 is 1.00 bits per heavy atom. The smallest absolute Gasteiger partial charge is 0.182 e. The molecular formula is C18H24N4S. The van der Waals surface area contributed by atoms with Gasteiger partial charge in [0.2, 0.25) is 0 Å². The second-order valence-corrected chi connectivity index (χ2v) is 8.05. The molecule has 0 aromatic heterocycles. The first-order chi connectivity index (χ1) is 11.1. The maximum Gasteiger partial charge on any atom is 0.182 e. The van der Waals surface area contributed by atoms with E-state index in [-0.39, 0.29) is 10.5 Å². The minimum atomic E-state index is 0.169. The Bertz CT molecular complexity index is 590. The highest BCUT2D eigenvalue weighted by Crippen LogP contribution is 2.60. The largest absolute Gasteiger partial charge is 0.375 e. The molecule has 4 N–H and O–H groups in total. The van der Waals surface area contributed by atoms with Crippen molar-refractivity contribution >= 4 is 28.9 Å². The molecule has 122 valence electrons. The third kappa shape index (κ3) is 2.94. The molecule has 4 nitrogen and oxygen atoms in total. The minimum absolute atomic E-state index is 0.169. The number of para-hydroxylation sites is 1. The Balaban J connectivity index is 1.67. The molecule has 0 radical (unpaired) electrons. The Kier molecular flexibility index (Phi) is 3.76. The van der Waals surface area contributed by atoms with Crippen LogP contribution in [0.15, 0.2) is 35.3 Å². The van der Waals surface area contributed by atoms with Gasteiger partial charge >= 0.3 is 0 Å². The van der Waals surface area contributed by atoms with Crippen LogP contribution >= 0.6 is 12.2 Å². The molecular weight excluding hydrogens is 304 g/mol. The predicted octanol–water partition coefficient (Wildman–Crippen LogP) is 3.27. The summed E-state index contributed by atoms with van der Waals surface area (Å²) in [6, 6.07) is 10.2. The first-order valence-corrected chi connectivity index (χ1v) is 8.99. The summed E-state index contributed by atoms with van der Waals surface area (Å²) in [5.41, 5.74) is 13.0. The van der Waals surface area contributed by atoms with Crippen LogP contribution in [0.4, 0.5) is 5.69 Å². The zero-order chi connectivity index (χ0) is 15.9. The predicted molar refractivity (Wildman–Crippen MR) is 97.2 cm³/mol. The number of rotatable bonds is 2. The van der Waals surface area contributed by atoms with Gasteiger partial charge in [0.1, 0.15) is 5.84 Å². The molecule has 0 unspecified atom stereocenters. The van der Waals surface area contributed by atoms with Crippen LogP contribution in [0, 0.1) is 23.2 Å². The topological polar surface area (TPSA) is 62.4 Å². The fourth-order valence-electron chi connectivity index (χ4n) is 5.43. The molecule has 0 spiro atoms. The van der Waals surface area contributed by atoms with Gasteiger partial charge in [0, 0.05) is 5.41 Å². The van der Waals surface area contributed by atoms with Crippen LogP contribution in [0.2, 0.25) is 0 Å². The van der Waals surface area contributed by atoms with Crippen molar-refractivity contribution in [3.63, 3.8) is 0 Å². The van der Waals surface area contributed by atoms with Crippen LogP contribution in [0.5, 0.6) is 0 Å². The first-order valence-electron chi connectivity index (χ1n) is 8.59. The molecule has 0 heterocycles. The molecule has 4 saturated carbocycles. The van der Waals surface area contributed by atoms with Crippen LogP contribution in [0.25, 0.3) is 0 Å². The van der Waals surface area contributed by atoms with Gasteiger partial charge in [-0.3, -0.25) is 10.9 Å². The molecule has 5 rings (SSSR count). The molecule has 23 heavy (non-hydrogen) atoms. The van der Waals surface area contributed by atoms with E-state index in [1.165, 1.54) is 38.5 Å². The molecule has 0 aliphatic heterocycles. The molecule has 4 aliphatic rings. The van der Waals surface area contributed by atoms with Crippen molar-refractivity contribution in [1.82, 2.24) is 10.9 Å². The standard InChI is InChI=1S/C18H24N4S/c19-17(23)22-21-16(20-15-4-2-1-3-5-15)18-9-12-6-13(10-18)8-14(7-12)11-18/h1-5,12-14H,6-11H2,(H,20,21)(H3,19,22,23). The van der Waals surface area contributed by atoms with E-state index in [0.717, 1.165) is 29.3 Å². The van der Waals surface area contributed by atoms with Gasteiger partial charge in [0.15, 0.2) is 5.11 Å². The third-order valence-electron chi connectivity index (χ3n) is 5.84. The highest BCUT2D eigenvalue weighted by Gasteiger charge is 2.53. The summed E-state index contributed by atoms with van der Waals surface area (Å²) in [7, 11) is 0. The lowest BCUT2D eigenvalue weighted by atomic mass is 9.49.